The topological polar surface area (TPSA) is 49.6 Å². The molecule has 0 saturated carbocycles. The predicted octanol–water partition coefficient (Wildman–Crippen LogP) is 2.94. The molecule has 0 aromatic heterocycles. The van der Waals surface area contributed by atoms with Crippen LogP contribution in [0.4, 0.5) is 8.78 Å². The summed E-state index contributed by atoms with van der Waals surface area (Å²) in [4.78, 5) is 16.9. The van der Waals surface area contributed by atoms with E-state index in [9.17, 15) is 13.6 Å². The van der Waals surface area contributed by atoms with Crippen molar-refractivity contribution in [2.45, 2.75) is 39.7 Å². The standard InChI is InChI=1S/C19H29F2N3O/c1-4-19(5-2,13-22)18(25)24-10-8-23(9-11-24)14(3)16-7-6-15(20)12-17(16)21/h6-7,12,14H,4-5,8-11,13,22H2,1-3H3. The summed E-state index contributed by atoms with van der Waals surface area (Å²) in [6.45, 7) is 8.82. The Balaban J connectivity index is 2.02. The van der Waals surface area contributed by atoms with Crippen molar-refractivity contribution in [2.75, 3.05) is 32.7 Å². The molecule has 4 nitrogen and oxygen atoms in total. The van der Waals surface area contributed by atoms with E-state index in [-0.39, 0.29) is 11.9 Å². The van der Waals surface area contributed by atoms with E-state index < -0.39 is 17.0 Å². The normalized spacial score (nSPS) is 17.6. The van der Waals surface area contributed by atoms with E-state index in [0.717, 1.165) is 18.9 Å². The molecule has 2 rings (SSSR count). The van der Waals surface area contributed by atoms with Gasteiger partial charge in [0.05, 0.1) is 5.41 Å². The van der Waals surface area contributed by atoms with Gasteiger partial charge in [-0.05, 0) is 25.8 Å². The molecule has 1 aliphatic heterocycles. The van der Waals surface area contributed by atoms with Crippen LogP contribution >= 0.6 is 0 Å². The fourth-order valence-electron chi connectivity index (χ4n) is 3.61. The molecule has 1 aromatic rings. The van der Waals surface area contributed by atoms with Gasteiger partial charge in [-0.25, -0.2) is 8.78 Å². The second kappa shape index (κ2) is 8.23. The van der Waals surface area contributed by atoms with Crippen molar-refractivity contribution in [2.24, 2.45) is 11.1 Å². The lowest BCUT2D eigenvalue weighted by Crippen LogP contribution is -2.55. The molecular formula is C19H29F2N3O. The van der Waals surface area contributed by atoms with Crippen LogP contribution in [0.1, 0.15) is 45.2 Å². The molecule has 1 unspecified atom stereocenters. The highest BCUT2D eigenvalue weighted by molar-refractivity contribution is 5.83. The molecule has 1 fully saturated rings. The maximum atomic E-state index is 14.0. The van der Waals surface area contributed by atoms with Crippen LogP contribution in [-0.4, -0.2) is 48.4 Å². The minimum Gasteiger partial charge on any atom is -0.340 e. The Morgan fingerprint density at radius 1 is 1.20 bits per heavy atom. The van der Waals surface area contributed by atoms with Crippen molar-refractivity contribution < 1.29 is 13.6 Å². The number of hydrogen-bond acceptors (Lipinski definition) is 3. The van der Waals surface area contributed by atoms with Crippen LogP contribution in [0.25, 0.3) is 0 Å². The summed E-state index contributed by atoms with van der Waals surface area (Å²) in [7, 11) is 0. The quantitative estimate of drug-likeness (QED) is 0.855. The molecule has 6 heteroatoms. The average Bonchev–Trinajstić information content (AvgIpc) is 2.63. The maximum Gasteiger partial charge on any atom is 0.230 e. The fraction of sp³-hybridized carbons (Fsp3) is 0.632. The molecule has 1 aliphatic rings. The fourth-order valence-corrected chi connectivity index (χ4v) is 3.61. The van der Waals surface area contributed by atoms with Gasteiger partial charge in [-0.15, -0.1) is 0 Å². The summed E-state index contributed by atoms with van der Waals surface area (Å²) >= 11 is 0. The van der Waals surface area contributed by atoms with Gasteiger partial charge < -0.3 is 10.6 Å². The van der Waals surface area contributed by atoms with Crippen LogP contribution in [0, 0.1) is 17.0 Å². The Bertz CT molecular complexity index is 588. The molecule has 0 aliphatic carbocycles. The molecule has 0 spiro atoms. The summed E-state index contributed by atoms with van der Waals surface area (Å²) in [5.41, 5.74) is 5.90. The van der Waals surface area contributed by atoms with Gasteiger partial charge >= 0.3 is 0 Å². The summed E-state index contributed by atoms with van der Waals surface area (Å²) in [5, 5.41) is 0. The Hall–Kier alpha value is -1.53. The van der Waals surface area contributed by atoms with E-state index >= 15 is 0 Å². The molecule has 1 atom stereocenters. The SMILES string of the molecule is CCC(CC)(CN)C(=O)N1CCN(C(C)c2ccc(F)cc2F)CC1. The van der Waals surface area contributed by atoms with Gasteiger partial charge in [0.2, 0.25) is 5.91 Å². The molecule has 1 aromatic carbocycles. The monoisotopic (exact) mass is 353 g/mol. The van der Waals surface area contributed by atoms with E-state index in [2.05, 4.69) is 4.90 Å². The van der Waals surface area contributed by atoms with Gasteiger partial charge in [-0.2, -0.15) is 0 Å². The molecule has 1 heterocycles. The first kappa shape index (κ1) is 19.8. The first-order valence-corrected chi connectivity index (χ1v) is 9.07. The Morgan fingerprint density at radius 3 is 2.28 bits per heavy atom. The van der Waals surface area contributed by atoms with Gasteiger partial charge in [0.25, 0.3) is 0 Å². The van der Waals surface area contributed by atoms with Crippen molar-refractivity contribution in [3.63, 3.8) is 0 Å². The number of piperazine rings is 1. The summed E-state index contributed by atoms with van der Waals surface area (Å²) in [5.74, 6) is -0.966. The number of carbonyl (C=O) groups is 1. The number of nitrogens with zero attached hydrogens (tertiary/aromatic N) is 2. The number of nitrogens with two attached hydrogens (primary N) is 1. The summed E-state index contributed by atoms with van der Waals surface area (Å²) in [6, 6.07) is 3.55. The van der Waals surface area contributed by atoms with Crippen molar-refractivity contribution in [1.82, 2.24) is 9.80 Å². The van der Waals surface area contributed by atoms with E-state index in [1.807, 2.05) is 25.7 Å². The Labute approximate surface area is 149 Å². The number of halogens is 2. The molecule has 2 N–H and O–H groups in total. The summed E-state index contributed by atoms with van der Waals surface area (Å²) in [6.07, 6.45) is 1.46. The largest absolute Gasteiger partial charge is 0.340 e. The zero-order chi connectivity index (χ0) is 18.6. The van der Waals surface area contributed by atoms with Gasteiger partial charge in [0.1, 0.15) is 11.6 Å². The lowest BCUT2D eigenvalue weighted by atomic mass is 9.80. The summed E-state index contributed by atoms with van der Waals surface area (Å²) < 4.78 is 27.1. The molecule has 1 amide bonds. The first-order valence-electron chi connectivity index (χ1n) is 9.07. The van der Waals surface area contributed by atoms with E-state index in [4.69, 9.17) is 5.73 Å². The number of rotatable bonds is 6. The van der Waals surface area contributed by atoms with Crippen LogP contribution in [0.3, 0.4) is 0 Å². The minimum atomic E-state index is -0.568. The van der Waals surface area contributed by atoms with Gasteiger partial charge in [-0.3, -0.25) is 9.69 Å². The zero-order valence-electron chi connectivity index (χ0n) is 15.4. The van der Waals surface area contributed by atoms with Crippen LogP contribution in [-0.2, 0) is 4.79 Å². The predicted molar refractivity (Wildman–Crippen MR) is 95.0 cm³/mol. The van der Waals surface area contributed by atoms with Crippen molar-refractivity contribution in [3.05, 3.63) is 35.4 Å². The maximum absolute atomic E-state index is 14.0. The van der Waals surface area contributed by atoms with E-state index in [1.165, 1.54) is 12.1 Å². The van der Waals surface area contributed by atoms with Crippen LogP contribution in [0.2, 0.25) is 0 Å². The molecule has 0 bridgehead atoms. The lowest BCUT2D eigenvalue weighted by Gasteiger charge is -2.42. The lowest BCUT2D eigenvalue weighted by molar-refractivity contribution is -0.144. The van der Waals surface area contributed by atoms with Gasteiger partial charge in [0, 0.05) is 50.4 Å². The molecule has 0 radical (unpaired) electrons. The highest BCUT2D eigenvalue weighted by atomic mass is 19.1. The van der Waals surface area contributed by atoms with Crippen LogP contribution < -0.4 is 5.73 Å². The average molecular weight is 353 g/mol. The second-order valence-corrected chi connectivity index (χ2v) is 6.86. The minimum absolute atomic E-state index is 0.125. The van der Waals surface area contributed by atoms with Crippen LogP contribution in [0.5, 0.6) is 0 Å². The number of carbonyl (C=O) groups excluding carboxylic acids is 1. The third kappa shape index (κ3) is 4.01. The molecule has 140 valence electrons. The third-order valence-corrected chi connectivity index (χ3v) is 5.76. The van der Waals surface area contributed by atoms with Gasteiger partial charge in [-0.1, -0.05) is 19.9 Å². The first-order chi connectivity index (χ1) is 11.9. The van der Waals surface area contributed by atoms with Crippen molar-refractivity contribution >= 4 is 5.91 Å². The second-order valence-electron chi connectivity index (χ2n) is 6.86. The van der Waals surface area contributed by atoms with Crippen LogP contribution in [0.15, 0.2) is 18.2 Å². The number of benzene rings is 1. The van der Waals surface area contributed by atoms with Crippen molar-refractivity contribution in [1.29, 1.82) is 0 Å². The van der Waals surface area contributed by atoms with Crippen molar-refractivity contribution in [3.8, 4) is 0 Å². The highest BCUT2D eigenvalue weighted by Crippen LogP contribution is 2.30. The highest BCUT2D eigenvalue weighted by Gasteiger charge is 2.38. The number of amides is 1. The number of hydrogen-bond donors (Lipinski definition) is 1. The zero-order valence-corrected chi connectivity index (χ0v) is 15.4. The van der Waals surface area contributed by atoms with E-state index in [0.29, 0.717) is 38.3 Å². The smallest absolute Gasteiger partial charge is 0.230 e. The van der Waals surface area contributed by atoms with E-state index in [1.54, 1.807) is 0 Å². The Kier molecular flexibility index (Phi) is 6.52. The van der Waals surface area contributed by atoms with Gasteiger partial charge in [0.15, 0.2) is 0 Å². The third-order valence-electron chi connectivity index (χ3n) is 5.76. The molecule has 1 saturated heterocycles. The Morgan fingerprint density at radius 2 is 1.80 bits per heavy atom. The molecule has 25 heavy (non-hydrogen) atoms. The molecular weight excluding hydrogens is 324 g/mol.